The van der Waals surface area contributed by atoms with Crippen LogP contribution in [0, 0.1) is 6.92 Å². The lowest BCUT2D eigenvalue weighted by Crippen LogP contribution is -2.11. The number of fused-ring (bicyclic) bond motifs is 1. The molecule has 0 spiro atoms. The van der Waals surface area contributed by atoms with Crippen LogP contribution in [0.2, 0.25) is 0 Å². The van der Waals surface area contributed by atoms with Crippen molar-refractivity contribution in [3.8, 4) is 0 Å². The van der Waals surface area contributed by atoms with Crippen LogP contribution in [0.1, 0.15) is 11.1 Å². The Morgan fingerprint density at radius 1 is 1.05 bits per heavy atom. The first-order valence-electron chi connectivity index (χ1n) is 6.50. The van der Waals surface area contributed by atoms with Gasteiger partial charge >= 0.3 is 0 Å². The molecule has 3 aromatic rings. The highest BCUT2D eigenvalue weighted by Crippen LogP contribution is 2.24. The Hall–Kier alpha value is -1.59. The average Bonchev–Trinajstić information content (AvgIpc) is 2.91. The summed E-state index contributed by atoms with van der Waals surface area (Å²) in [6, 6.07) is 14.5. The zero-order valence-corrected chi connectivity index (χ0v) is 13.9. The van der Waals surface area contributed by atoms with Gasteiger partial charge in [0.1, 0.15) is 0 Å². The second kappa shape index (κ2) is 5.31. The Labute approximate surface area is 132 Å². The fraction of sp³-hybridized carbons (Fsp3) is 0.125. The van der Waals surface area contributed by atoms with E-state index in [2.05, 4.69) is 15.9 Å². The van der Waals surface area contributed by atoms with Crippen LogP contribution in [0.5, 0.6) is 0 Å². The van der Waals surface area contributed by atoms with Crippen molar-refractivity contribution in [1.82, 2.24) is 3.97 Å². The van der Waals surface area contributed by atoms with Crippen LogP contribution in [0.3, 0.4) is 0 Å². The molecule has 108 valence electrons. The van der Waals surface area contributed by atoms with E-state index in [1.54, 1.807) is 18.3 Å². The first-order chi connectivity index (χ1) is 10.0. The lowest BCUT2D eigenvalue weighted by atomic mass is 10.2. The van der Waals surface area contributed by atoms with Gasteiger partial charge in [0.15, 0.2) is 0 Å². The predicted molar refractivity (Wildman–Crippen MR) is 88.3 cm³/mol. The molecule has 21 heavy (non-hydrogen) atoms. The highest BCUT2D eigenvalue weighted by Gasteiger charge is 2.18. The minimum absolute atomic E-state index is 0.301. The van der Waals surface area contributed by atoms with Gasteiger partial charge in [0.2, 0.25) is 0 Å². The molecule has 0 N–H and O–H groups in total. The summed E-state index contributed by atoms with van der Waals surface area (Å²) in [5, 5.41) is 1.67. The molecule has 1 heterocycles. The van der Waals surface area contributed by atoms with Crippen molar-refractivity contribution in [3.63, 3.8) is 0 Å². The molecule has 3 nitrogen and oxygen atoms in total. The highest BCUT2D eigenvalue weighted by molar-refractivity contribution is 9.08. The van der Waals surface area contributed by atoms with Crippen molar-refractivity contribution in [1.29, 1.82) is 0 Å². The fourth-order valence-electron chi connectivity index (χ4n) is 2.28. The van der Waals surface area contributed by atoms with Gasteiger partial charge in [-0.25, -0.2) is 12.4 Å². The summed E-state index contributed by atoms with van der Waals surface area (Å²) >= 11 is 3.41. The molecule has 0 saturated heterocycles. The summed E-state index contributed by atoms with van der Waals surface area (Å²) in [7, 11) is -3.55. The predicted octanol–water partition coefficient (Wildman–Crippen LogP) is 4.08. The molecular weight excluding hydrogens is 350 g/mol. The zero-order valence-electron chi connectivity index (χ0n) is 11.5. The first-order valence-corrected chi connectivity index (χ1v) is 9.07. The molecule has 0 unspecified atom stereocenters. The number of hydrogen-bond acceptors (Lipinski definition) is 2. The highest BCUT2D eigenvalue weighted by atomic mass is 79.9. The summed E-state index contributed by atoms with van der Waals surface area (Å²) in [6.07, 6.45) is 1.61. The van der Waals surface area contributed by atoms with Crippen LogP contribution in [-0.4, -0.2) is 12.4 Å². The minimum atomic E-state index is -3.55. The molecule has 0 aliphatic carbocycles. The maximum absolute atomic E-state index is 12.7. The standard InChI is InChI=1S/C16H14BrNO2S/c1-12-2-5-15(6-3-12)21(19,20)18-9-8-14-10-13(11-17)4-7-16(14)18/h2-10H,11H2,1H3. The molecule has 0 aliphatic rings. The van der Waals surface area contributed by atoms with E-state index >= 15 is 0 Å². The van der Waals surface area contributed by atoms with Gasteiger partial charge in [0, 0.05) is 16.9 Å². The number of hydrogen-bond donors (Lipinski definition) is 0. The second-order valence-electron chi connectivity index (χ2n) is 4.96. The van der Waals surface area contributed by atoms with Gasteiger partial charge in [0.05, 0.1) is 10.4 Å². The van der Waals surface area contributed by atoms with E-state index in [1.165, 1.54) is 3.97 Å². The van der Waals surface area contributed by atoms with Crippen LogP contribution < -0.4 is 0 Å². The van der Waals surface area contributed by atoms with E-state index in [9.17, 15) is 8.42 Å². The SMILES string of the molecule is Cc1ccc(S(=O)(=O)n2ccc3cc(CBr)ccc32)cc1. The number of aromatic nitrogens is 1. The molecule has 0 amide bonds. The monoisotopic (exact) mass is 363 g/mol. The smallest absolute Gasteiger partial charge is 0.241 e. The molecule has 2 aromatic carbocycles. The Balaban J connectivity index is 2.17. The van der Waals surface area contributed by atoms with Gasteiger partial charge in [-0.3, -0.25) is 0 Å². The minimum Gasteiger partial charge on any atom is -0.241 e. The number of nitrogens with zero attached hydrogens (tertiary/aromatic N) is 1. The molecule has 0 fully saturated rings. The van der Waals surface area contributed by atoms with Crippen LogP contribution in [0.25, 0.3) is 10.9 Å². The van der Waals surface area contributed by atoms with E-state index in [-0.39, 0.29) is 0 Å². The molecule has 5 heteroatoms. The van der Waals surface area contributed by atoms with Crippen LogP contribution >= 0.6 is 15.9 Å². The van der Waals surface area contributed by atoms with Crippen molar-refractivity contribution < 1.29 is 8.42 Å². The van der Waals surface area contributed by atoms with Crippen LogP contribution in [0.15, 0.2) is 59.6 Å². The summed E-state index contributed by atoms with van der Waals surface area (Å²) in [4.78, 5) is 0.301. The average molecular weight is 364 g/mol. The van der Waals surface area contributed by atoms with Gasteiger partial charge < -0.3 is 0 Å². The van der Waals surface area contributed by atoms with Gasteiger partial charge in [-0.05, 0) is 42.8 Å². The van der Waals surface area contributed by atoms with Gasteiger partial charge in [-0.15, -0.1) is 0 Å². The normalized spacial score (nSPS) is 11.9. The van der Waals surface area contributed by atoms with E-state index < -0.39 is 10.0 Å². The molecule has 0 bridgehead atoms. The molecular formula is C16H14BrNO2S. The van der Waals surface area contributed by atoms with Crippen LogP contribution in [-0.2, 0) is 15.4 Å². The largest absolute Gasteiger partial charge is 0.268 e. The van der Waals surface area contributed by atoms with Crippen molar-refractivity contribution >= 4 is 36.9 Å². The maximum Gasteiger partial charge on any atom is 0.268 e. The van der Waals surface area contributed by atoms with E-state index in [4.69, 9.17) is 0 Å². The van der Waals surface area contributed by atoms with Gasteiger partial charge in [-0.2, -0.15) is 0 Å². The number of alkyl halides is 1. The first kappa shape index (κ1) is 14.4. The van der Waals surface area contributed by atoms with Crippen LogP contribution in [0.4, 0.5) is 0 Å². The Kier molecular flexibility index (Phi) is 3.63. The molecule has 0 atom stereocenters. The van der Waals surface area contributed by atoms with E-state index in [0.717, 1.165) is 21.8 Å². The number of rotatable bonds is 3. The summed E-state index contributed by atoms with van der Waals surface area (Å²) in [5.41, 5.74) is 2.85. The molecule has 0 saturated carbocycles. The lowest BCUT2D eigenvalue weighted by Gasteiger charge is -2.08. The zero-order chi connectivity index (χ0) is 15.0. The van der Waals surface area contributed by atoms with Crippen molar-refractivity contribution in [2.45, 2.75) is 17.1 Å². The van der Waals surface area contributed by atoms with Crippen molar-refractivity contribution in [2.24, 2.45) is 0 Å². The summed E-state index contributed by atoms with van der Waals surface area (Å²) in [5.74, 6) is 0. The quantitative estimate of drug-likeness (QED) is 0.657. The third kappa shape index (κ3) is 2.51. The Bertz CT molecular complexity index is 896. The number of halogens is 1. The molecule has 0 aliphatic heterocycles. The molecule has 1 aromatic heterocycles. The number of aryl methyl sites for hydroxylation is 1. The van der Waals surface area contributed by atoms with Crippen molar-refractivity contribution in [3.05, 3.63) is 65.9 Å². The third-order valence-electron chi connectivity index (χ3n) is 3.45. The third-order valence-corrected chi connectivity index (χ3v) is 5.80. The van der Waals surface area contributed by atoms with Gasteiger partial charge in [0.25, 0.3) is 10.0 Å². The lowest BCUT2D eigenvalue weighted by molar-refractivity contribution is 0.589. The van der Waals surface area contributed by atoms with Crippen molar-refractivity contribution in [2.75, 3.05) is 0 Å². The molecule has 0 radical (unpaired) electrons. The van der Waals surface area contributed by atoms with E-state index in [1.807, 2.05) is 43.3 Å². The Morgan fingerprint density at radius 2 is 1.76 bits per heavy atom. The van der Waals surface area contributed by atoms with E-state index in [0.29, 0.717) is 10.4 Å². The summed E-state index contributed by atoms with van der Waals surface area (Å²) < 4.78 is 26.8. The topological polar surface area (TPSA) is 39.1 Å². The number of benzene rings is 2. The van der Waals surface area contributed by atoms with Gasteiger partial charge in [-0.1, -0.05) is 39.7 Å². The maximum atomic E-state index is 12.7. The molecule has 3 rings (SSSR count). The fourth-order valence-corrected chi connectivity index (χ4v) is 3.99. The Morgan fingerprint density at radius 3 is 2.43 bits per heavy atom. The second-order valence-corrected chi connectivity index (χ2v) is 7.33. The summed E-state index contributed by atoms with van der Waals surface area (Å²) in [6.45, 7) is 1.93.